The molecule has 1 N–H and O–H groups in total. The first-order valence-corrected chi connectivity index (χ1v) is 9.39. The summed E-state index contributed by atoms with van der Waals surface area (Å²) in [7, 11) is 0. The molecule has 0 aliphatic heterocycles. The quantitative estimate of drug-likeness (QED) is 0.467. The van der Waals surface area contributed by atoms with E-state index in [1.165, 1.54) is 0 Å². The molecule has 0 atom stereocenters. The van der Waals surface area contributed by atoms with Crippen molar-refractivity contribution in [1.82, 2.24) is 9.78 Å². The van der Waals surface area contributed by atoms with Gasteiger partial charge in [0.15, 0.2) is 5.76 Å². The highest BCUT2D eigenvalue weighted by molar-refractivity contribution is 6.32. The van der Waals surface area contributed by atoms with Crippen LogP contribution in [-0.2, 0) is 13.2 Å². The van der Waals surface area contributed by atoms with Crippen LogP contribution in [0.3, 0.4) is 0 Å². The Kier molecular flexibility index (Phi) is 5.63. The SMILES string of the molecule is O=C(Nc1cnn(Cc2ccccc2)c1)c1ccc(COc2ccccc2Cl)o1. The van der Waals surface area contributed by atoms with Gasteiger partial charge in [-0.2, -0.15) is 5.10 Å². The van der Waals surface area contributed by atoms with Crippen LogP contribution in [-0.4, -0.2) is 15.7 Å². The molecule has 4 rings (SSSR count). The normalized spacial score (nSPS) is 10.7. The number of aromatic nitrogens is 2. The number of halogens is 1. The Morgan fingerprint density at radius 1 is 1.07 bits per heavy atom. The zero-order valence-electron chi connectivity index (χ0n) is 15.4. The van der Waals surface area contributed by atoms with E-state index in [4.69, 9.17) is 20.8 Å². The molecule has 1 amide bonds. The van der Waals surface area contributed by atoms with Crippen molar-refractivity contribution in [1.29, 1.82) is 0 Å². The van der Waals surface area contributed by atoms with Crippen LogP contribution in [0.1, 0.15) is 21.9 Å². The Morgan fingerprint density at radius 2 is 1.86 bits per heavy atom. The van der Waals surface area contributed by atoms with Gasteiger partial charge >= 0.3 is 0 Å². The Hall–Kier alpha value is -3.51. The maximum Gasteiger partial charge on any atom is 0.291 e. The maximum absolute atomic E-state index is 12.4. The molecule has 146 valence electrons. The molecule has 0 fully saturated rings. The lowest BCUT2D eigenvalue weighted by molar-refractivity contribution is 0.0992. The number of hydrogen-bond acceptors (Lipinski definition) is 4. The van der Waals surface area contributed by atoms with E-state index in [1.54, 1.807) is 41.3 Å². The molecule has 2 aromatic heterocycles. The molecule has 29 heavy (non-hydrogen) atoms. The largest absolute Gasteiger partial charge is 0.484 e. The predicted molar refractivity (Wildman–Crippen MR) is 110 cm³/mol. The van der Waals surface area contributed by atoms with Crippen LogP contribution in [0.5, 0.6) is 5.75 Å². The lowest BCUT2D eigenvalue weighted by Gasteiger charge is -2.05. The van der Waals surface area contributed by atoms with Crippen molar-refractivity contribution in [2.24, 2.45) is 0 Å². The summed E-state index contributed by atoms with van der Waals surface area (Å²) in [5.41, 5.74) is 1.72. The van der Waals surface area contributed by atoms with Gasteiger partial charge in [-0.05, 0) is 29.8 Å². The fourth-order valence-electron chi connectivity index (χ4n) is 2.77. The molecule has 0 radical (unpaired) electrons. The monoisotopic (exact) mass is 407 g/mol. The summed E-state index contributed by atoms with van der Waals surface area (Å²) in [4.78, 5) is 12.4. The maximum atomic E-state index is 12.4. The van der Waals surface area contributed by atoms with Crippen LogP contribution < -0.4 is 10.1 Å². The molecular formula is C22H18ClN3O3. The number of furan rings is 1. The number of carbonyl (C=O) groups excluding carboxylic acids is 1. The molecule has 0 aliphatic rings. The first kappa shape index (κ1) is 18.8. The molecular weight excluding hydrogens is 390 g/mol. The van der Waals surface area contributed by atoms with Crippen molar-refractivity contribution < 1.29 is 13.9 Å². The molecule has 0 unspecified atom stereocenters. The molecule has 0 saturated carbocycles. The topological polar surface area (TPSA) is 69.3 Å². The van der Waals surface area contributed by atoms with E-state index in [1.807, 2.05) is 42.5 Å². The Bertz CT molecular complexity index is 1110. The number of ether oxygens (including phenoxy) is 1. The highest BCUT2D eigenvalue weighted by Crippen LogP contribution is 2.24. The van der Waals surface area contributed by atoms with Crippen LogP contribution >= 0.6 is 11.6 Å². The van der Waals surface area contributed by atoms with Crippen LogP contribution in [0.25, 0.3) is 0 Å². The van der Waals surface area contributed by atoms with E-state index < -0.39 is 0 Å². The summed E-state index contributed by atoms with van der Waals surface area (Å²) in [6, 6.07) is 20.4. The van der Waals surface area contributed by atoms with Gasteiger partial charge in [0.1, 0.15) is 18.1 Å². The Labute approximate surface area is 172 Å². The number of nitrogens with one attached hydrogen (secondary N) is 1. The molecule has 4 aromatic rings. The van der Waals surface area contributed by atoms with Gasteiger partial charge in [0.2, 0.25) is 0 Å². The number of carbonyl (C=O) groups is 1. The van der Waals surface area contributed by atoms with E-state index in [9.17, 15) is 4.79 Å². The van der Waals surface area contributed by atoms with Crippen molar-refractivity contribution in [2.75, 3.05) is 5.32 Å². The number of benzene rings is 2. The van der Waals surface area contributed by atoms with Gasteiger partial charge in [0.25, 0.3) is 5.91 Å². The number of hydrogen-bond donors (Lipinski definition) is 1. The van der Waals surface area contributed by atoms with Crippen molar-refractivity contribution in [2.45, 2.75) is 13.2 Å². The lowest BCUT2D eigenvalue weighted by Crippen LogP contribution is -2.10. The Morgan fingerprint density at radius 3 is 2.69 bits per heavy atom. The second-order valence-corrected chi connectivity index (χ2v) is 6.76. The van der Waals surface area contributed by atoms with Gasteiger partial charge in [-0.3, -0.25) is 9.48 Å². The van der Waals surface area contributed by atoms with Gasteiger partial charge in [-0.15, -0.1) is 0 Å². The van der Waals surface area contributed by atoms with Crippen molar-refractivity contribution >= 4 is 23.2 Å². The minimum atomic E-state index is -0.353. The highest BCUT2D eigenvalue weighted by atomic mass is 35.5. The molecule has 2 heterocycles. The summed E-state index contributed by atoms with van der Waals surface area (Å²) in [5, 5.41) is 7.57. The van der Waals surface area contributed by atoms with Gasteiger partial charge < -0.3 is 14.5 Å². The average Bonchev–Trinajstić information content (AvgIpc) is 3.38. The number of anilines is 1. The number of amides is 1. The molecule has 7 heteroatoms. The van der Waals surface area contributed by atoms with E-state index >= 15 is 0 Å². The fourth-order valence-corrected chi connectivity index (χ4v) is 2.96. The molecule has 0 aliphatic carbocycles. The van der Waals surface area contributed by atoms with E-state index in [0.29, 0.717) is 28.8 Å². The zero-order chi connectivity index (χ0) is 20.1. The molecule has 2 aromatic carbocycles. The van der Waals surface area contributed by atoms with E-state index in [-0.39, 0.29) is 18.3 Å². The summed E-state index contributed by atoms with van der Waals surface area (Å²) < 4.78 is 13.0. The van der Waals surface area contributed by atoms with Crippen molar-refractivity contribution in [3.8, 4) is 5.75 Å². The lowest BCUT2D eigenvalue weighted by atomic mass is 10.2. The first-order chi connectivity index (χ1) is 14.2. The third-order valence-corrected chi connectivity index (χ3v) is 4.48. The minimum Gasteiger partial charge on any atom is -0.484 e. The highest BCUT2D eigenvalue weighted by Gasteiger charge is 2.13. The average molecular weight is 408 g/mol. The standard InChI is InChI=1S/C22H18ClN3O3/c23-19-8-4-5-9-20(19)28-15-18-10-11-21(29-18)22(27)25-17-12-24-26(14-17)13-16-6-2-1-3-7-16/h1-12,14H,13,15H2,(H,25,27). The summed E-state index contributed by atoms with van der Waals surface area (Å²) in [6.07, 6.45) is 3.38. The minimum absolute atomic E-state index is 0.173. The molecule has 0 saturated heterocycles. The third-order valence-electron chi connectivity index (χ3n) is 4.17. The zero-order valence-corrected chi connectivity index (χ0v) is 16.2. The second-order valence-electron chi connectivity index (χ2n) is 6.35. The van der Waals surface area contributed by atoms with Crippen molar-refractivity contribution in [3.63, 3.8) is 0 Å². The van der Waals surface area contributed by atoms with Gasteiger partial charge in [0.05, 0.1) is 23.5 Å². The summed E-state index contributed by atoms with van der Waals surface area (Å²) in [5.74, 6) is 0.920. The van der Waals surface area contributed by atoms with Crippen LogP contribution in [0.15, 0.2) is 83.5 Å². The third kappa shape index (κ3) is 4.86. The molecule has 6 nitrogen and oxygen atoms in total. The van der Waals surface area contributed by atoms with Crippen LogP contribution in [0.2, 0.25) is 5.02 Å². The Balaban J connectivity index is 1.34. The van der Waals surface area contributed by atoms with E-state index in [2.05, 4.69) is 10.4 Å². The predicted octanol–water partition coefficient (Wildman–Crippen LogP) is 5.01. The smallest absolute Gasteiger partial charge is 0.291 e. The number of rotatable bonds is 7. The first-order valence-electron chi connectivity index (χ1n) is 9.01. The molecule has 0 bridgehead atoms. The van der Waals surface area contributed by atoms with Crippen molar-refractivity contribution in [3.05, 3.63) is 101 Å². The number of nitrogens with zero attached hydrogens (tertiary/aromatic N) is 2. The van der Waals surface area contributed by atoms with Crippen LogP contribution in [0, 0.1) is 0 Å². The van der Waals surface area contributed by atoms with Crippen LogP contribution in [0.4, 0.5) is 5.69 Å². The molecule has 0 spiro atoms. The summed E-state index contributed by atoms with van der Waals surface area (Å²) in [6.45, 7) is 0.799. The van der Waals surface area contributed by atoms with Gasteiger partial charge in [-0.25, -0.2) is 0 Å². The van der Waals surface area contributed by atoms with E-state index in [0.717, 1.165) is 5.56 Å². The second kappa shape index (κ2) is 8.67. The van der Waals surface area contributed by atoms with Gasteiger partial charge in [0, 0.05) is 6.20 Å². The number of para-hydroxylation sites is 1. The summed E-state index contributed by atoms with van der Waals surface area (Å²) >= 11 is 6.06. The fraction of sp³-hybridized carbons (Fsp3) is 0.0909. The van der Waals surface area contributed by atoms with Gasteiger partial charge in [-0.1, -0.05) is 54.1 Å².